The molecule has 0 aromatic heterocycles. The average Bonchev–Trinajstić information content (AvgIpc) is 2.17. The summed E-state index contributed by atoms with van der Waals surface area (Å²) in [6, 6.07) is 0. The fourth-order valence-electron chi connectivity index (χ4n) is 1.29. The van der Waals surface area contributed by atoms with Crippen LogP contribution in [-0.2, 0) is 0 Å². The maximum absolute atomic E-state index is 5.35. The first-order chi connectivity index (χ1) is 6.81. The number of hydrogen-bond acceptors (Lipinski definition) is 4. The highest BCUT2D eigenvalue weighted by Crippen LogP contribution is 1.83. The molecule has 0 heterocycles. The van der Waals surface area contributed by atoms with Crippen LogP contribution in [0.15, 0.2) is 0 Å². The lowest BCUT2D eigenvalue weighted by molar-refractivity contribution is 0.332. The number of nitrogens with zero attached hydrogens (tertiary/aromatic N) is 1. The van der Waals surface area contributed by atoms with Crippen molar-refractivity contribution in [3.05, 3.63) is 0 Å². The largest absolute Gasteiger partial charge is 0.329 e. The molecule has 0 radical (unpaired) electrons. The topological polar surface area (TPSA) is 53.3 Å². The van der Waals surface area contributed by atoms with E-state index in [2.05, 4.69) is 29.5 Å². The van der Waals surface area contributed by atoms with Gasteiger partial charge in [0, 0.05) is 39.3 Å². The van der Waals surface area contributed by atoms with E-state index in [4.69, 9.17) is 5.73 Å². The minimum absolute atomic E-state index is 0.721. The summed E-state index contributed by atoms with van der Waals surface area (Å²) in [5, 5.41) is 6.64. The molecule has 14 heavy (non-hydrogen) atoms. The molecule has 0 amide bonds. The molecular weight excluding hydrogens is 176 g/mol. The van der Waals surface area contributed by atoms with Gasteiger partial charge in [0.1, 0.15) is 0 Å². The van der Waals surface area contributed by atoms with E-state index in [-0.39, 0.29) is 0 Å². The number of nitrogens with two attached hydrogens (primary N) is 1. The first kappa shape index (κ1) is 13.8. The van der Waals surface area contributed by atoms with Crippen molar-refractivity contribution in [2.45, 2.75) is 13.3 Å². The van der Waals surface area contributed by atoms with Crippen LogP contribution in [0, 0.1) is 0 Å². The molecule has 0 aliphatic carbocycles. The zero-order valence-electron chi connectivity index (χ0n) is 9.68. The normalized spacial score (nSPS) is 11.1. The molecule has 86 valence electrons. The highest BCUT2D eigenvalue weighted by atomic mass is 15.1. The second-order valence-corrected chi connectivity index (χ2v) is 3.59. The highest BCUT2D eigenvalue weighted by molar-refractivity contribution is 4.56. The molecule has 0 aromatic carbocycles. The van der Waals surface area contributed by atoms with Gasteiger partial charge in [-0.2, -0.15) is 0 Å². The Morgan fingerprint density at radius 2 is 1.64 bits per heavy atom. The Balaban J connectivity index is 2.98. The molecule has 0 spiro atoms. The van der Waals surface area contributed by atoms with Crippen LogP contribution in [0.1, 0.15) is 13.3 Å². The van der Waals surface area contributed by atoms with Gasteiger partial charge < -0.3 is 21.3 Å². The number of rotatable bonds is 10. The summed E-state index contributed by atoms with van der Waals surface area (Å²) in [6.07, 6.45) is 1.23. The zero-order chi connectivity index (χ0) is 10.6. The van der Waals surface area contributed by atoms with E-state index in [1.807, 2.05) is 0 Å². The summed E-state index contributed by atoms with van der Waals surface area (Å²) in [6.45, 7) is 9.27. The molecule has 0 aliphatic rings. The Morgan fingerprint density at radius 3 is 2.21 bits per heavy atom. The predicted molar refractivity (Wildman–Crippen MR) is 62.6 cm³/mol. The highest BCUT2D eigenvalue weighted by Gasteiger charge is 1.94. The second kappa shape index (κ2) is 10.9. The zero-order valence-corrected chi connectivity index (χ0v) is 9.68. The first-order valence-corrected chi connectivity index (χ1v) is 5.61. The maximum atomic E-state index is 5.35. The molecule has 0 saturated carbocycles. The smallest absolute Gasteiger partial charge is 0.0104 e. The lowest BCUT2D eigenvalue weighted by Crippen LogP contribution is -2.35. The summed E-state index contributed by atoms with van der Waals surface area (Å²) in [5.41, 5.74) is 5.35. The van der Waals surface area contributed by atoms with Gasteiger partial charge >= 0.3 is 0 Å². The summed E-state index contributed by atoms with van der Waals surface area (Å²) in [4.78, 5) is 2.35. The number of hydrogen-bond donors (Lipinski definition) is 3. The second-order valence-electron chi connectivity index (χ2n) is 3.59. The Bertz CT molecular complexity index is 108. The van der Waals surface area contributed by atoms with Gasteiger partial charge in [0.15, 0.2) is 0 Å². The molecule has 4 nitrogen and oxygen atoms in total. The number of likely N-dealkylation sites (N-methyl/N-ethyl adjacent to an activating group) is 1. The van der Waals surface area contributed by atoms with Gasteiger partial charge in [-0.3, -0.25) is 0 Å². The first-order valence-electron chi connectivity index (χ1n) is 5.61. The van der Waals surface area contributed by atoms with Crippen LogP contribution in [0.25, 0.3) is 0 Å². The van der Waals surface area contributed by atoms with Crippen LogP contribution < -0.4 is 16.4 Å². The summed E-state index contributed by atoms with van der Waals surface area (Å²) >= 11 is 0. The van der Waals surface area contributed by atoms with Crippen LogP contribution in [0.4, 0.5) is 0 Å². The van der Waals surface area contributed by atoms with Crippen molar-refractivity contribution in [3.8, 4) is 0 Å². The molecule has 4 N–H and O–H groups in total. The van der Waals surface area contributed by atoms with Gasteiger partial charge in [-0.1, -0.05) is 6.92 Å². The van der Waals surface area contributed by atoms with Crippen LogP contribution in [0.2, 0.25) is 0 Å². The SMILES string of the molecule is CCCN(C)CCNCCNCCN. The molecule has 0 fully saturated rings. The van der Waals surface area contributed by atoms with Crippen molar-refractivity contribution in [1.82, 2.24) is 15.5 Å². The third-order valence-corrected chi connectivity index (χ3v) is 2.08. The molecule has 4 heteroatoms. The molecule has 0 aliphatic heterocycles. The van der Waals surface area contributed by atoms with E-state index < -0.39 is 0 Å². The third-order valence-electron chi connectivity index (χ3n) is 2.08. The van der Waals surface area contributed by atoms with E-state index in [1.54, 1.807) is 0 Å². The quantitative estimate of drug-likeness (QED) is 0.417. The molecule has 0 aromatic rings. The van der Waals surface area contributed by atoms with E-state index in [0.717, 1.165) is 39.3 Å². The van der Waals surface area contributed by atoms with Gasteiger partial charge in [0.05, 0.1) is 0 Å². The molecule has 0 unspecified atom stereocenters. The summed E-state index contributed by atoms with van der Waals surface area (Å²) in [5.74, 6) is 0. The molecule has 0 saturated heterocycles. The van der Waals surface area contributed by atoms with Gasteiger partial charge in [0.25, 0.3) is 0 Å². The van der Waals surface area contributed by atoms with Crippen molar-refractivity contribution in [2.24, 2.45) is 5.73 Å². The summed E-state index contributed by atoms with van der Waals surface area (Å²) < 4.78 is 0. The van der Waals surface area contributed by atoms with E-state index >= 15 is 0 Å². The Kier molecular flexibility index (Phi) is 10.8. The van der Waals surface area contributed by atoms with Crippen molar-refractivity contribution in [2.75, 3.05) is 52.9 Å². The van der Waals surface area contributed by atoms with Crippen molar-refractivity contribution in [1.29, 1.82) is 0 Å². The van der Waals surface area contributed by atoms with Crippen molar-refractivity contribution < 1.29 is 0 Å². The fourth-order valence-corrected chi connectivity index (χ4v) is 1.29. The van der Waals surface area contributed by atoms with Crippen LogP contribution >= 0.6 is 0 Å². The Morgan fingerprint density at radius 1 is 1.00 bits per heavy atom. The average molecular weight is 202 g/mol. The lowest BCUT2D eigenvalue weighted by atomic mass is 10.4. The molecule has 0 rings (SSSR count). The van der Waals surface area contributed by atoms with Crippen molar-refractivity contribution in [3.63, 3.8) is 0 Å². The van der Waals surface area contributed by atoms with Crippen LogP contribution in [0.5, 0.6) is 0 Å². The Hall–Kier alpha value is -0.160. The van der Waals surface area contributed by atoms with Gasteiger partial charge in [0.2, 0.25) is 0 Å². The lowest BCUT2D eigenvalue weighted by Gasteiger charge is -2.15. The van der Waals surface area contributed by atoms with Gasteiger partial charge in [-0.15, -0.1) is 0 Å². The molecule has 0 atom stereocenters. The fraction of sp³-hybridized carbons (Fsp3) is 1.00. The van der Waals surface area contributed by atoms with Crippen LogP contribution in [-0.4, -0.2) is 57.8 Å². The van der Waals surface area contributed by atoms with Crippen LogP contribution in [0.3, 0.4) is 0 Å². The minimum atomic E-state index is 0.721. The summed E-state index contributed by atoms with van der Waals surface area (Å²) in [7, 11) is 2.16. The van der Waals surface area contributed by atoms with E-state index in [0.29, 0.717) is 0 Å². The van der Waals surface area contributed by atoms with Gasteiger partial charge in [-0.25, -0.2) is 0 Å². The Labute approximate surface area is 88.2 Å². The predicted octanol–water partition coefficient (Wildman–Crippen LogP) is -0.534. The van der Waals surface area contributed by atoms with E-state index in [1.165, 1.54) is 13.0 Å². The maximum Gasteiger partial charge on any atom is 0.0104 e. The van der Waals surface area contributed by atoms with Crippen molar-refractivity contribution >= 4 is 0 Å². The third kappa shape index (κ3) is 9.92. The molecule has 0 bridgehead atoms. The standard InChI is InChI=1S/C10H26N4/c1-3-9-14(2)10-8-13-7-6-12-5-4-11/h12-13H,3-11H2,1-2H3. The van der Waals surface area contributed by atoms with E-state index in [9.17, 15) is 0 Å². The minimum Gasteiger partial charge on any atom is -0.329 e. The molecular formula is C10H26N4. The monoisotopic (exact) mass is 202 g/mol. The van der Waals surface area contributed by atoms with Gasteiger partial charge in [-0.05, 0) is 20.0 Å². The number of nitrogens with one attached hydrogen (secondary N) is 2.